The van der Waals surface area contributed by atoms with Crippen LogP contribution in [-0.4, -0.2) is 33.6 Å². The van der Waals surface area contributed by atoms with Crippen LogP contribution in [0.2, 0.25) is 0 Å². The third-order valence-corrected chi connectivity index (χ3v) is 1.67. The van der Waals surface area contributed by atoms with E-state index in [1.807, 2.05) is 0 Å². The molecule has 0 aromatic rings. The molecule has 0 rings (SSSR count). The molecule has 0 fully saturated rings. The molecule has 2 atom stereocenters. The Hall–Kier alpha value is -0.120. The second-order valence-corrected chi connectivity index (χ2v) is 3.74. The van der Waals surface area contributed by atoms with Crippen LogP contribution in [0.5, 0.6) is 0 Å². The first kappa shape index (κ1) is 10.9. The highest BCUT2D eigenvalue weighted by molar-refractivity contribution is 4.73. The van der Waals surface area contributed by atoms with Crippen LogP contribution >= 0.6 is 0 Å². The molecule has 0 radical (unpaired) electrons. The van der Waals surface area contributed by atoms with Crippen LogP contribution in [-0.2, 0) is 0 Å². The van der Waals surface area contributed by atoms with Crippen molar-refractivity contribution >= 4 is 0 Å². The summed E-state index contributed by atoms with van der Waals surface area (Å²) in [6.45, 7) is 4.94. The molecule has 0 saturated carbocycles. The summed E-state index contributed by atoms with van der Waals surface area (Å²) >= 11 is 0. The molecule has 2 unspecified atom stereocenters. The third-order valence-electron chi connectivity index (χ3n) is 1.67. The summed E-state index contributed by atoms with van der Waals surface area (Å²) in [5, 5.41) is 27.0. The average molecular weight is 162 g/mol. The lowest BCUT2D eigenvalue weighted by molar-refractivity contribution is -0.000843. The van der Waals surface area contributed by atoms with E-state index in [0.29, 0.717) is 6.42 Å². The van der Waals surface area contributed by atoms with Gasteiger partial charge in [0.2, 0.25) is 0 Å². The molecule has 0 aromatic heterocycles. The van der Waals surface area contributed by atoms with E-state index in [-0.39, 0.29) is 12.5 Å². The minimum atomic E-state index is -0.768. The summed E-state index contributed by atoms with van der Waals surface area (Å²) in [4.78, 5) is 0. The zero-order valence-corrected chi connectivity index (χ0v) is 7.41. The highest BCUT2D eigenvalue weighted by Crippen LogP contribution is 2.18. The molecule has 0 aromatic carbocycles. The van der Waals surface area contributed by atoms with Crippen LogP contribution < -0.4 is 0 Å². The maximum Gasteiger partial charge on any atom is 0.0797 e. The molecule has 0 aliphatic carbocycles. The van der Waals surface area contributed by atoms with Crippen LogP contribution in [0.4, 0.5) is 0 Å². The molecule has 0 heterocycles. The van der Waals surface area contributed by atoms with Crippen molar-refractivity contribution in [2.24, 2.45) is 5.92 Å². The Balaban J connectivity index is 3.77. The first-order valence-corrected chi connectivity index (χ1v) is 3.88. The van der Waals surface area contributed by atoms with Crippen LogP contribution in [0.25, 0.3) is 0 Å². The van der Waals surface area contributed by atoms with Gasteiger partial charge in [-0.1, -0.05) is 6.92 Å². The molecular formula is C8H18O3. The van der Waals surface area contributed by atoms with Gasteiger partial charge in [-0.05, 0) is 26.2 Å². The van der Waals surface area contributed by atoms with Gasteiger partial charge in [-0.2, -0.15) is 0 Å². The second kappa shape index (κ2) is 4.04. The summed E-state index contributed by atoms with van der Waals surface area (Å²) in [5.41, 5.74) is -0.768. The fraction of sp³-hybridized carbons (Fsp3) is 1.00. The molecule has 3 nitrogen and oxygen atoms in total. The second-order valence-electron chi connectivity index (χ2n) is 3.74. The summed E-state index contributed by atoms with van der Waals surface area (Å²) in [7, 11) is 0. The standard InChI is InChI=1S/C8H18O3/c1-6(7(10)5-9)4-8(2,3)11/h6-7,9-11H,4-5H2,1-3H3. The Bertz CT molecular complexity index is 106. The maximum atomic E-state index is 9.34. The van der Waals surface area contributed by atoms with E-state index < -0.39 is 11.7 Å². The average Bonchev–Trinajstić information content (AvgIpc) is 1.82. The van der Waals surface area contributed by atoms with Crippen molar-refractivity contribution < 1.29 is 15.3 Å². The lowest BCUT2D eigenvalue weighted by Crippen LogP contribution is -2.30. The molecular weight excluding hydrogens is 144 g/mol. The Morgan fingerprint density at radius 1 is 1.36 bits per heavy atom. The summed E-state index contributed by atoms with van der Waals surface area (Å²) in [5.74, 6) is -0.0694. The van der Waals surface area contributed by atoms with Gasteiger partial charge in [0.05, 0.1) is 18.3 Å². The monoisotopic (exact) mass is 162 g/mol. The van der Waals surface area contributed by atoms with Crippen molar-refractivity contribution in [3.05, 3.63) is 0 Å². The number of aliphatic hydroxyl groups is 3. The van der Waals surface area contributed by atoms with E-state index in [9.17, 15) is 5.11 Å². The van der Waals surface area contributed by atoms with Crippen molar-refractivity contribution in [2.45, 2.75) is 38.9 Å². The smallest absolute Gasteiger partial charge is 0.0797 e. The molecule has 3 heteroatoms. The third kappa shape index (κ3) is 5.18. The van der Waals surface area contributed by atoms with Crippen molar-refractivity contribution in [2.75, 3.05) is 6.61 Å². The van der Waals surface area contributed by atoms with Crippen LogP contribution in [0.3, 0.4) is 0 Å². The fourth-order valence-electron chi connectivity index (χ4n) is 1.10. The Morgan fingerprint density at radius 3 is 2.09 bits per heavy atom. The maximum absolute atomic E-state index is 9.34. The Morgan fingerprint density at radius 2 is 1.82 bits per heavy atom. The topological polar surface area (TPSA) is 60.7 Å². The highest BCUT2D eigenvalue weighted by Gasteiger charge is 2.21. The van der Waals surface area contributed by atoms with Gasteiger partial charge in [0.25, 0.3) is 0 Å². The van der Waals surface area contributed by atoms with E-state index in [0.717, 1.165) is 0 Å². The van der Waals surface area contributed by atoms with E-state index in [1.54, 1.807) is 20.8 Å². The Labute approximate surface area is 67.7 Å². The molecule has 0 amide bonds. The van der Waals surface area contributed by atoms with Crippen LogP contribution in [0.15, 0.2) is 0 Å². The van der Waals surface area contributed by atoms with Gasteiger partial charge >= 0.3 is 0 Å². The molecule has 0 bridgehead atoms. The minimum absolute atomic E-state index is 0.0694. The summed E-state index contributed by atoms with van der Waals surface area (Å²) < 4.78 is 0. The first-order chi connectivity index (χ1) is 4.87. The number of aliphatic hydroxyl groups excluding tert-OH is 2. The van der Waals surface area contributed by atoms with Gasteiger partial charge in [-0.25, -0.2) is 0 Å². The van der Waals surface area contributed by atoms with E-state index >= 15 is 0 Å². The van der Waals surface area contributed by atoms with Gasteiger partial charge in [-0.3, -0.25) is 0 Å². The van der Waals surface area contributed by atoms with Gasteiger partial charge in [-0.15, -0.1) is 0 Å². The molecule has 3 N–H and O–H groups in total. The summed E-state index contributed by atoms with van der Waals surface area (Å²) in [6.07, 6.45) is -0.226. The van der Waals surface area contributed by atoms with E-state index in [4.69, 9.17) is 10.2 Å². The van der Waals surface area contributed by atoms with Crippen LogP contribution in [0, 0.1) is 5.92 Å². The SMILES string of the molecule is CC(CC(C)(C)O)C(O)CO. The molecule has 11 heavy (non-hydrogen) atoms. The van der Waals surface area contributed by atoms with Gasteiger partial charge < -0.3 is 15.3 Å². The van der Waals surface area contributed by atoms with Gasteiger partial charge in [0, 0.05) is 0 Å². The molecule has 0 aliphatic rings. The quantitative estimate of drug-likeness (QED) is 0.551. The predicted molar refractivity (Wildman–Crippen MR) is 43.2 cm³/mol. The molecule has 0 spiro atoms. The lowest BCUT2D eigenvalue weighted by Gasteiger charge is -2.24. The minimum Gasteiger partial charge on any atom is -0.394 e. The fourth-order valence-corrected chi connectivity index (χ4v) is 1.10. The van der Waals surface area contributed by atoms with Crippen molar-refractivity contribution in [1.29, 1.82) is 0 Å². The van der Waals surface area contributed by atoms with Crippen LogP contribution in [0.1, 0.15) is 27.2 Å². The first-order valence-electron chi connectivity index (χ1n) is 3.88. The largest absolute Gasteiger partial charge is 0.394 e. The lowest BCUT2D eigenvalue weighted by atomic mass is 9.91. The number of hydrogen-bond acceptors (Lipinski definition) is 3. The predicted octanol–water partition coefficient (Wildman–Crippen LogP) is 0.137. The van der Waals surface area contributed by atoms with Crippen molar-refractivity contribution in [1.82, 2.24) is 0 Å². The van der Waals surface area contributed by atoms with Crippen molar-refractivity contribution in [3.63, 3.8) is 0 Å². The molecule has 68 valence electrons. The van der Waals surface area contributed by atoms with E-state index in [1.165, 1.54) is 0 Å². The number of rotatable bonds is 4. The number of hydrogen-bond donors (Lipinski definition) is 3. The molecule has 0 aliphatic heterocycles. The highest BCUT2D eigenvalue weighted by atomic mass is 16.3. The zero-order valence-electron chi connectivity index (χ0n) is 7.41. The molecule has 0 saturated heterocycles. The van der Waals surface area contributed by atoms with Crippen molar-refractivity contribution in [3.8, 4) is 0 Å². The Kier molecular flexibility index (Phi) is 4.00. The van der Waals surface area contributed by atoms with Gasteiger partial charge in [0.1, 0.15) is 0 Å². The van der Waals surface area contributed by atoms with E-state index in [2.05, 4.69) is 0 Å². The zero-order chi connectivity index (χ0) is 9.07. The van der Waals surface area contributed by atoms with Gasteiger partial charge in [0.15, 0.2) is 0 Å². The summed E-state index contributed by atoms with van der Waals surface area (Å²) in [6, 6.07) is 0. The normalized spacial score (nSPS) is 18.0.